The highest BCUT2D eigenvalue weighted by Crippen LogP contribution is 2.32. The van der Waals surface area contributed by atoms with Crippen LogP contribution in [0.4, 0.5) is 33.3 Å². The minimum atomic E-state index is -4.72. The Labute approximate surface area is 174 Å². The SMILES string of the molecule is CCN(CC(F)(F)F)[C@@H](C(N)=O)C(=O)Nc1ccc(N2CCOCC2=O)cc1C(F)F. The number of rotatable bonds is 8. The third kappa shape index (κ3) is 6.34. The summed E-state index contributed by atoms with van der Waals surface area (Å²) < 4.78 is 70.5. The Morgan fingerprint density at radius 1 is 1.32 bits per heavy atom. The highest BCUT2D eigenvalue weighted by molar-refractivity contribution is 6.10. The van der Waals surface area contributed by atoms with Crippen LogP contribution >= 0.6 is 0 Å². The molecule has 8 nitrogen and oxygen atoms in total. The van der Waals surface area contributed by atoms with E-state index in [2.05, 4.69) is 5.32 Å². The lowest BCUT2D eigenvalue weighted by Gasteiger charge is -2.29. The van der Waals surface area contributed by atoms with Crippen LogP contribution in [0.3, 0.4) is 0 Å². The molecule has 0 radical (unpaired) electrons. The Balaban J connectivity index is 2.31. The molecule has 1 aliphatic rings. The number of primary amides is 1. The molecule has 3 N–H and O–H groups in total. The van der Waals surface area contributed by atoms with Gasteiger partial charge in [0.05, 0.1) is 13.2 Å². The van der Waals surface area contributed by atoms with Crippen LogP contribution in [0.1, 0.15) is 18.9 Å². The van der Waals surface area contributed by atoms with E-state index >= 15 is 0 Å². The first-order valence-corrected chi connectivity index (χ1v) is 9.15. The van der Waals surface area contributed by atoms with Gasteiger partial charge in [0.1, 0.15) is 6.61 Å². The van der Waals surface area contributed by atoms with Crippen molar-refractivity contribution in [2.45, 2.75) is 25.6 Å². The molecule has 0 spiro atoms. The fourth-order valence-corrected chi connectivity index (χ4v) is 3.10. The van der Waals surface area contributed by atoms with E-state index in [-0.39, 0.29) is 32.0 Å². The number of nitrogens with zero attached hydrogens (tertiary/aromatic N) is 2. The number of nitrogens with one attached hydrogen (secondary N) is 1. The second-order valence-electron chi connectivity index (χ2n) is 6.64. The Hall–Kier alpha value is -2.80. The van der Waals surface area contributed by atoms with Crippen molar-refractivity contribution in [3.63, 3.8) is 0 Å². The highest BCUT2D eigenvalue weighted by Gasteiger charge is 2.38. The van der Waals surface area contributed by atoms with Crippen molar-refractivity contribution in [3.8, 4) is 0 Å². The summed E-state index contributed by atoms with van der Waals surface area (Å²) in [6.07, 6.45) is -7.80. The van der Waals surface area contributed by atoms with E-state index in [1.165, 1.54) is 17.9 Å². The van der Waals surface area contributed by atoms with Crippen LogP contribution in [-0.2, 0) is 19.1 Å². The summed E-state index contributed by atoms with van der Waals surface area (Å²) in [5, 5.41) is 2.06. The number of amides is 3. The molecule has 0 unspecified atom stereocenters. The molecule has 1 heterocycles. The van der Waals surface area contributed by atoms with Crippen molar-refractivity contribution in [3.05, 3.63) is 23.8 Å². The molecule has 0 aromatic heterocycles. The van der Waals surface area contributed by atoms with Crippen molar-refractivity contribution in [1.29, 1.82) is 0 Å². The van der Waals surface area contributed by atoms with E-state index in [1.807, 2.05) is 0 Å². The van der Waals surface area contributed by atoms with Crippen LogP contribution in [0.2, 0.25) is 0 Å². The van der Waals surface area contributed by atoms with Crippen molar-refractivity contribution in [1.82, 2.24) is 4.90 Å². The van der Waals surface area contributed by atoms with Gasteiger partial charge in [0.15, 0.2) is 6.04 Å². The van der Waals surface area contributed by atoms with Crippen LogP contribution in [0, 0.1) is 0 Å². The zero-order valence-corrected chi connectivity index (χ0v) is 16.4. The van der Waals surface area contributed by atoms with Gasteiger partial charge in [-0.1, -0.05) is 6.92 Å². The van der Waals surface area contributed by atoms with Crippen LogP contribution in [0.5, 0.6) is 0 Å². The van der Waals surface area contributed by atoms with Gasteiger partial charge in [0.25, 0.3) is 18.2 Å². The van der Waals surface area contributed by atoms with Crippen LogP contribution in [0.25, 0.3) is 0 Å². The van der Waals surface area contributed by atoms with E-state index in [9.17, 15) is 36.3 Å². The van der Waals surface area contributed by atoms with E-state index in [0.717, 1.165) is 12.1 Å². The number of carbonyl (C=O) groups excluding carboxylic acids is 3. The first-order chi connectivity index (χ1) is 14.4. The summed E-state index contributed by atoms with van der Waals surface area (Å²) in [5.41, 5.74) is 4.16. The largest absolute Gasteiger partial charge is 0.401 e. The lowest BCUT2D eigenvalue weighted by atomic mass is 10.1. The maximum Gasteiger partial charge on any atom is 0.401 e. The lowest BCUT2D eigenvalue weighted by molar-refractivity contribution is -0.156. The quantitative estimate of drug-likeness (QED) is 0.461. The minimum Gasteiger partial charge on any atom is -0.370 e. The molecule has 1 aromatic carbocycles. The van der Waals surface area contributed by atoms with Gasteiger partial charge in [-0.3, -0.25) is 19.3 Å². The predicted octanol–water partition coefficient (Wildman–Crippen LogP) is 1.66. The predicted molar refractivity (Wildman–Crippen MR) is 99.5 cm³/mol. The molecule has 13 heteroatoms. The number of nitrogens with two attached hydrogens (primary N) is 1. The first kappa shape index (κ1) is 24.5. The second kappa shape index (κ2) is 10.0. The number of benzene rings is 1. The lowest BCUT2D eigenvalue weighted by Crippen LogP contribution is -2.54. The molecule has 0 saturated carbocycles. The van der Waals surface area contributed by atoms with Crippen LogP contribution in [0.15, 0.2) is 18.2 Å². The number of anilines is 2. The fraction of sp³-hybridized carbons (Fsp3) is 0.500. The van der Waals surface area contributed by atoms with Gasteiger partial charge in [-0.15, -0.1) is 0 Å². The zero-order chi connectivity index (χ0) is 23.3. The third-order valence-corrected chi connectivity index (χ3v) is 4.50. The van der Waals surface area contributed by atoms with E-state index in [0.29, 0.717) is 4.90 Å². The number of hydrogen-bond donors (Lipinski definition) is 2. The molecule has 0 bridgehead atoms. The molecule has 1 aliphatic heterocycles. The van der Waals surface area contributed by atoms with Crippen LogP contribution in [-0.4, -0.2) is 67.7 Å². The first-order valence-electron chi connectivity index (χ1n) is 9.15. The number of likely N-dealkylation sites (N-methyl/N-ethyl adjacent to an activating group) is 1. The van der Waals surface area contributed by atoms with Gasteiger partial charge < -0.3 is 20.7 Å². The van der Waals surface area contributed by atoms with E-state index in [4.69, 9.17) is 10.5 Å². The third-order valence-electron chi connectivity index (χ3n) is 4.50. The van der Waals surface area contributed by atoms with E-state index < -0.39 is 54.2 Å². The Morgan fingerprint density at radius 3 is 2.52 bits per heavy atom. The Kier molecular flexibility index (Phi) is 7.90. The van der Waals surface area contributed by atoms with Gasteiger partial charge in [-0.2, -0.15) is 13.2 Å². The van der Waals surface area contributed by atoms with Gasteiger partial charge in [0, 0.05) is 23.5 Å². The number of halogens is 5. The molecular formula is C18H21F5N4O4. The molecule has 172 valence electrons. The van der Waals surface area contributed by atoms with Gasteiger partial charge in [0.2, 0.25) is 5.91 Å². The van der Waals surface area contributed by atoms with Crippen LogP contribution < -0.4 is 16.0 Å². The summed E-state index contributed by atoms with van der Waals surface area (Å²) in [6.45, 7) is -0.520. The molecular weight excluding hydrogens is 431 g/mol. The number of carbonyl (C=O) groups is 3. The van der Waals surface area contributed by atoms with Gasteiger partial charge in [-0.05, 0) is 24.7 Å². The number of morpholine rings is 1. The van der Waals surface area contributed by atoms with Crippen molar-refractivity contribution in [2.75, 3.05) is 43.1 Å². The normalized spacial score (nSPS) is 16.0. The fourth-order valence-electron chi connectivity index (χ4n) is 3.10. The molecule has 3 amide bonds. The number of ether oxygens (including phenoxy) is 1. The Bertz CT molecular complexity index is 834. The molecule has 2 rings (SSSR count). The number of hydrogen-bond acceptors (Lipinski definition) is 5. The average Bonchev–Trinajstić information content (AvgIpc) is 2.66. The Morgan fingerprint density at radius 2 is 2.00 bits per heavy atom. The summed E-state index contributed by atoms with van der Waals surface area (Å²) in [7, 11) is 0. The molecule has 1 saturated heterocycles. The average molecular weight is 452 g/mol. The molecule has 1 atom stereocenters. The minimum absolute atomic E-state index is 0.139. The molecule has 1 fully saturated rings. The summed E-state index contributed by atoms with van der Waals surface area (Å²) in [5.74, 6) is -3.09. The summed E-state index contributed by atoms with van der Waals surface area (Å²) >= 11 is 0. The maximum absolute atomic E-state index is 13.6. The monoisotopic (exact) mass is 452 g/mol. The highest BCUT2D eigenvalue weighted by atomic mass is 19.4. The van der Waals surface area contributed by atoms with Crippen molar-refractivity contribution < 1.29 is 41.1 Å². The maximum atomic E-state index is 13.6. The molecule has 1 aromatic rings. The molecule has 31 heavy (non-hydrogen) atoms. The topological polar surface area (TPSA) is 105 Å². The second-order valence-corrected chi connectivity index (χ2v) is 6.64. The summed E-state index contributed by atoms with van der Waals surface area (Å²) in [4.78, 5) is 37.8. The summed E-state index contributed by atoms with van der Waals surface area (Å²) in [6, 6.07) is 1.32. The van der Waals surface area contributed by atoms with Gasteiger partial charge in [-0.25, -0.2) is 8.78 Å². The smallest absolute Gasteiger partial charge is 0.370 e. The zero-order valence-electron chi connectivity index (χ0n) is 16.4. The standard InChI is InChI=1S/C18H21F5N4O4/c1-2-26(9-18(21,22)23)14(16(24)29)17(30)25-12-4-3-10(7-11(12)15(19)20)27-5-6-31-8-13(27)28/h3-4,7,14-15H,2,5-6,8-9H2,1H3,(H2,24,29)(H,25,30)/t14-/m0/s1. The van der Waals surface area contributed by atoms with Gasteiger partial charge >= 0.3 is 6.18 Å². The van der Waals surface area contributed by atoms with E-state index in [1.54, 1.807) is 0 Å². The van der Waals surface area contributed by atoms with Crippen molar-refractivity contribution >= 4 is 29.1 Å². The van der Waals surface area contributed by atoms with Crippen molar-refractivity contribution in [2.24, 2.45) is 5.73 Å². The molecule has 0 aliphatic carbocycles. The number of alkyl halides is 5.